The van der Waals surface area contributed by atoms with Crippen molar-refractivity contribution < 1.29 is 71.9 Å². The Morgan fingerprint density at radius 3 is 2.03 bits per heavy atom. The van der Waals surface area contributed by atoms with E-state index < -0.39 is 54.0 Å². The Hall–Kier alpha value is -6.65. The maximum Gasteiger partial charge on any atom is 0.458 e. The van der Waals surface area contributed by atoms with Gasteiger partial charge in [0.05, 0.1) is 17.6 Å². The van der Waals surface area contributed by atoms with Gasteiger partial charge in [-0.15, -0.1) is 0 Å². The number of hydrogen-bond acceptors (Lipinski definition) is 8. The Kier molecular flexibility index (Phi) is 13.3. The fourth-order valence-corrected chi connectivity index (χ4v) is 5.11. The third-order valence-corrected chi connectivity index (χ3v) is 7.74. The maximum absolute atomic E-state index is 13.8. The molecule has 3 aromatic carbocycles. The molecule has 312 valence electrons. The van der Waals surface area contributed by atoms with Gasteiger partial charge in [0.1, 0.15) is 12.0 Å². The number of fused-ring (bicyclic) bond motifs is 3. The number of aromatic nitrogens is 5. The van der Waals surface area contributed by atoms with E-state index in [1.807, 2.05) is 37.3 Å². The van der Waals surface area contributed by atoms with Gasteiger partial charge < -0.3 is 20.2 Å². The van der Waals surface area contributed by atoms with E-state index in [1.54, 1.807) is 25.5 Å². The van der Waals surface area contributed by atoms with Crippen LogP contribution in [0.5, 0.6) is 0 Å². The lowest BCUT2D eigenvalue weighted by molar-refractivity contribution is -0.193. The predicted octanol–water partition coefficient (Wildman–Crippen LogP) is 8.26. The predicted molar refractivity (Wildman–Crippen MR) is 185 cm³/mol. The molecule has 3 heterocycles. The van der Waals surface area contributed by atoms with E-state index in [-0.39, 0.29) is 11.3 Å². The molecule has 0 saturated carbocycles. The SMILES string of the molecule is CNCc1cn(-c2cc(C(=O)Nc3ccc(C)c(-c4ccc5c(c4)[nH]c4ncncc45)c3)cc(C(F)(F)F)c2)cn1.O=C(C(=O)C(F)(F)F)C(F)(F)F.O=CC(F)(F)F. The highest BCUT2D eigenvalue weighted by molar-refractivity contribution is 6.41. The number of Topliss-reactive ketones (excluding diaryl/α,β-unsaturated/α-hetero) is 2. The van der Waals surface area contributed by atoms with E-state index in [2.05, 4.69) is 30.6 Å². The van der Waals surface area contributed by atoms with Gasteiger partial charge in [-0.1, -0.05) is 18.2 Å². The number of aldehydes is 1. The standard InChI is InChI=1S/C30H24F3N7O.C4F6O2.C2HF3O/c1-17-3-5-21(11-25(17)18-4-6-24-26-13-35-15-36-28(26)39-27(24)9-18)38-29(41)19-7-20(30(31,32)33)10-23(8-19)40-14-22(12-34-2)37-16-40;5-3(6,7)1(11)2(12)4(8,9)10;3-2(4,5)1-6/h3-11,13-16,34H,12H2,1-2H3,(H,38,41)(H,35,36,39);;1H. The molecule has 0 aliphatic heterocycles. The minimum absolute atomic E-state index is 0.124. The molecule has 6 rings (SSSR count). The number of rotatable bonds is 7. The molecule has 0 fully saturated rings. The van der Waals surface area contributed by atoms with Crippen LogP contribution in [0.2, 0.25) is 0 Å². The number of aromatic amines is 1. The molecule has 3 N–H and O–H groups in total. The summed E-state index contributed by atoms with van der Waals surface area (Å²) in [5.41, 5.74) is 4.61. The van der Waals surface area contributed by atoms with Crippen molar-refractivity contribution in [3.8, 4) is 16.8 Å². The molecule has 6 aromatic rings. The Bertz CT molecular complexity index is 2480. The number of imidazole rings is 1. The zero-order chi connectivity index (χ0) is 44.1. The van der Waals surface area contributed by atoms with Crippen molar-refractivity contribution in [2.24, 2.45) is 0 Å². The van der Waals surface area contributed by atoms with E-state index in [1.165, 1.54) is 23.3 Å². The summed E-state index contributed by atoms with van der Waals surface area (Å²) in [5.74, 6) is -7.47. The van der Waals surface area contributed by atoms with E-state index in [4.69, 9.17) is 4.79 Å². The van der Waals surface area contributed by atoms with Gasteiger partial charge in [-0.3, -0.25) is 19.2 Å². The highest BCUT2D eigenvalue weighted by Crippen LogP contribution is 2.34. The summed E-state index contributed by atoms with van der Waals surface area (Å²) in [4.78, 5) is 57.1. The van der Waals surface area contributed by atoms with Crippen LogP contribution in [0.3, 0.4) is 0 Å². The number of hydrogen-bond donors (Lipinski definition) is 3. The number of halogens is 12. The van der Waals surface area contributed by atoms with Crippen LogP contribution in [0.25, 0.3) is 38.8 Å². The average molecular weight is 848 g/mol. The number of aryl methyl sites for hydroxylation is 1. The van der Waals surface area contributed by atoms with Crippen molar-refractivity contribution in [2.75, 3.05) is 12.4 Å². The summed E-state index contributed by atoms with van der Waals surface area (Å²) in [6.07, 6.45) is -15.6. The van der Waals surface area contributed by atoms with Crippen molar-refractivity contribution in [1.82, 2.24) is 29.8 Å². The first kappa shape index (κ1) is 45.1. The molecular formula is C36H25F12N7O4. The second-order valence-corrected chi connectivity index (χ2v) is 12.0. The summed E-state index contributed by atoms with van der Waals surface area (Å²) < 4.78 is 141. The van der Waals surface area contributed by atoms with E-state index in [0.29, 0.717) is 17.9 Å². The van der Waals surface area contributed by atoms with Gasteiger partial charge >= 0.3 is 36.3 Å². The third kappa shape index (κ3) is 11.7. The highest BCUT2D eigenvalue weighted by atomic mass is 19.4. The largest absolute Gasteiger partial charge is 0.458 e. The van der Waals surface area contributed by atoms with Crippen molar-refractivity contribution in [2.45, 2.75) is 38.2 Å². The first-order valence-corrected chi connectivity index (χ1v) is 16.1. The molecular weight excluding hydrogens is 822 g/mol. The van der Waals surface area contributed by atoms with Crippen LogP contribution < -0.4 is 10.6 Å². The molecule has 1 amide bonds. The van der Waals surface area contributed by atoms with Crippen molar-refractivity contribution in [3.05, 3.63) is 102 Å². The molecule has 23 heteroatoms. The lowest BCUT2D eigenvalue weighted by Gasteiger charge is -2.14. The van der Waals surface area contributed by atoms with Gasteiger partial charge in [0.25, 0.3) is 5.91 Å². The first-order valence-electron chi connectivity index (χ1n) is 16.1. The number of benzene rings is 3. The second kappa shape index (κ2) is 17.5. The Balaban J connectivity index is 0.000000358. The van der Waals surface area contributed by atoms with Crippen LogP contribution in [-0.2, 0) is 27.1 Å². The first-order chi connectivity index (χ1) is 27.3. The molecule has 0 atom stereocenters. The minimum atomic E-state index is -5.77. The fraction of sp³-hybridized carbons (Fsp3) is 0.194. The molecule has 0 aliphatic rings. The number of anilines is 1. The zero-order valence-electron chi connectivity index (χ0n) is 29.7. The van der Waals surface area contributed by atoms with Crippen molar-refractivity contribution >= 4 is 51.4 Å². The second-order valence-electron chi connectivity index (χ2n) is 12.0. The summed E-state index contributed by atoms with van der Waals surface area (Å²) in [5, 5.41) is 7.63. The van der Waals surface area contributed by atoms with Crippen LogP contribution in [0.1, 0.15) is 27.2 Å². The number of ketones is 2. The van der Waals surface area contributed by atoms with Gasteiger partial charge in [-0.2, -0.15) is 52.7 Å². The van der Waals surface area contributed by atoms with Crippen LogP contribution in [0.4, 0.5) is 58.4 Å². The summed E-state index contributed by atoms with van der Waals surface area (Å²) in [6.45, 7) is 2.41. The minimum Gasteiger partial charge on any atom is -0.339 e. The smallest absolute Gasteiger partial charge is 0.339 e. The van der Waals surface area contributed by atoms with Crippen LogP contribution in [0, 0.1) is 6.92 Å². The molecule has 0 bridgehead atoms. The number of carbonyl (C=O) groups is 4. The molecule has 3 aromatic heterocycles. The van der Waals surface area contributed by atoms with Crippen molar-refractivity contribution in [3.63, 3.8) is 0 Å². The van der Waals surface area contributed by atoms with E-state index >= 15 is 0 Å². The van der Waals surface area contributed by atoms with Gasteiger partial charge in [-0.25, -0.2) is 15.0 Å². The fourth-order valence-electron chi connectivity index (χ4n) is 5.11. The maximum atomic E-state index is 13.8. The quantitative estimate of drug-likeness (QED) is 0.0826. The Labute approximate surface area is 322 Å². The third-order valence-electron chi connectivity index (χ3n) is 7.74. The van der Waals surface area contributed by atoms with Gasteiger partial charge in [0, 0.05) is 52.2 Å². The Morgan fingerprint density at radius 2 is 1.46 bits per heavy atom. The summed E-state index contributed by atoms with van der Waals surface area (Å²) in [6, 6.07) is 14.6. The molecule has 0 unspecified atom stereocenters. The molecule has 0 saturated heterocycles. The number of nitrogens with one attached hydrogen (secondary N) is 3. The van der Waals surface area contributed by atoms with Gasteiger partial charge in [-0.05, 0) is 67.1 Å². The number of nitrogens with zero attached hydrogens (tertiary/aromatic N) is 4. The van der Waals surface area contributed by atoms with Crippen molar-refractivity contribution in [1.29, 1.82) is 0 Å². The van der Waals surface area contributed by atoms with E-state index in [0.717, 1.165) is 50.8 Å². The molecule has 0 radical (unpaired) electrons. The number of alkyl halides is 12. The Morgan fingerprint density at radius 1 is 0.814 bits per heavy atom. The van der Waals surface area contributed by atoms with Crippen LogP contribution in [-0.4, -0.2) is 73.8 Å². The topological polar surface area (TPSA) is 152 Å². The monoisotopic (exact) mass is 847 g/mol. The average Bonchev–Trinajstić information content (AvgIpc) is 3.78. The highest BCUT2D eigenvalue weighted by Gasteiger charge is 2.54. The molecule has 59 heavy (non-hydrogen) atoms. The number of carbonyl (C=O) groups excluding carboxylic acids is 4. The lowest BCUT2D eigenvalue weighted by atomic mass is 9.98. The lowest BCUT2D eigenvalue weighted by Crippen LogP contribution is -2.39. The van der Waals surface area contributed by atoms with Gasteiger partial charge in [0.2, 0.25) is 6.29 Å². The molecule has 0 spiro atoms. The molecule has 0 aliphatic carbocycles. The van der Waals surface area contributed by atoms with E-state index in [9.17, 15) is 67.1 Å². The summed E-state index contributed by atoms with van der Waals surface area (Å²) in [7, 11) is 1.75. The normalized spacial score (nSPS) is 12.0. The summed E-state index contributed by atoms with van der Waals surface area (Å²) >= 11 is 0. The zero-order valence-corrected chi connectivity index (χ0v) is 29.7. The molecule has 11 nitrogen and oxygen atoms in total. The van der Waals surface area contributed by atoms with Crippen LogP contribution >= 0.6 is 0 Å². The van der Waals surface area contributed by atoms with Gasteiger partial charge in [0.15, 0.2) is 0 Å². The number of H-pyrrole nitrogens is 1. The van der Waals surface area contributed by atoms with Crippen LogP contribution in [0.15, 0.2) is 79.6 Å². The number of amides is 1.